The highest BCUT2D eigenvalue weighted by atomic mass is 35.5. The van der Waals surface area contributed by atoms with Gasteiger partial charge in [0, 0.05) is 25.3 Å². The minimum atomic E-state index is -0.0384. The van der Waals surface area contributed by atoms with E-state index in [0.717, 1.165) is 38.0 Å². The molecule has 0 unspecified atom stereocenters. The highest BCUT2D eigenvalue weighted by Crippen LogP contribution is 2.04. The fourth-order valence-corrected chi connectivity index (χ4v) is 2.36. The summed E-state index contributed by atoms with van der Waals surface area (Å²) >= 11 is 0. The number of nitrogens with two attached hydrogens (primary N) is 1. The summed E-state index contributed by atoms with van der Waals surface area (Å²) in [5, 5.41) is 2.93. The lowest BCUT2D eigenvalue weighted by Crippen LogP contribution is -2.24. The predicted octanol–water partition coefficient (Wildman–Crippen LogP) is 3.34. The van der Waals surface area contributed by atoms with E-state index in [1.807, 2.05) is 42.5 Å². The van der Waals surface area contributed by atoms with Gasteiger partial charge in [0.05, 0.1) is 6.61 Å². The average molecular weight is 363 g/mol. The monoisotopic (exact) mass is 362 g/mol. The Balaban J connectivity index is 0.00000312. The van der Waals surface area contributed by atoms with Gasteiger partial charge in [0.1, 0.15) is 0 Å². The summed E-state index contributed by atoms with van der Waals surface area (Å²) in [6.45, 7) is 2.63. The molecule has 0 aliphatic heterocycles. The molecule has 4 nitrogen and oxygen atoms in total. The molecule has 0 saturated heterocycles. The molecule has 0 radical (unpaired) electrons. The van der Waals surface area contributed by atoms with Crippen molar-refractivity contribution in [1.82, 2.24) is 5.32 Å². The fraction of sp³-hybridized carbons (Fsp3) is 0.350. The molecule has 3 N–H and O–H groups in total. The minimum Gasteiger partial charge on any atom is -0.381 e. The number of carbonyl (C=O) groups excluding carboxylic acids is 1. The summed E-state index contributed by atoms with van der Waals surface area (Å²) in [5.41, 5.74) is 8.54. The van der Waals surface area contributed by atoms with Gasteiger partial charge >= 0.3 is 0 Å². The molecule has 2 rings (SSSR count). The molecule has 0 aliphatic rings. The zero-order valence-electron chi connectivity index (χ0n) is 14.4. The van der Waals surface area contributed by atoms with Gasteiger partial charge in [-0.05, 0) is 42.5 Å². The van der Waals surface area contributed by atoms with E-state index in [1.54, 1.807) is 0 Å². The molecular weight excluding hydrogens is 336 g/mol. The number of ether oxygens (including phenoxy) is 1. The number of nitrogens with one attached hydrogen (secondary N) is 1. The number of carbonyl (C=O) groups is 1. The Morgan fingerprint density at radius 2 is 1.64 bits per heavy atom. The third kappa shape index (κ3) is 8.16. The molecule has 0 atom stereocenters. The van der Waals surface area contributed by atoms with E-state index in [0.29, 0.717) is 18.7 Å². The van der Waals surface area contributed by atoms with E-state index in [1.165, 1.54) is 5.56 Å². The van der Waals surface area contributed by atoms with Crippen molar-refractivity contribution in [3.8, 4) is 0 Å². The van der Waals surface area contributed by atoms with Gasteiger partial charge in [0.15, 0.2) is 0 Å². The van der Waals surface area contributed by atoms with Gasteiger partial charge in [-0.25, -0.2) is 0 Å². The van der Waals surface area contributed by atoms with E-state index in [-0.39, 0.29) is 18.3 Å². The zero-order chi connectivity index (χ0) is 17.0. The van der Waals surface area contributed by atoms with Gasteiger partial charge in [-0.15, -0.1) is 12.4 Å². The number of amides is 1. The maximum atomic E-state index is 12.0. The first kappa shape index (κ1) is 21.2. The molecule has 0 fully saturated rings. The summed E-state index contributed by atoms with van der Waals surface area (Å²) < 4.78 is 5.63. The average Bonchev–Trinajstić information content (AvgIpc) is 2.64. The van der Waals surface area contributed by atoms with Crippen molar-refractivity contribution in [3.63, 3.8) is 0 Å². The summed E-state index contributed by atoms with van der Waals surface area (Å²) in [6.07, 6.45) is 2.80. The Kier molecular flexibility index (Phi) is 10.6. The molecule has 1 amide bonds. The molecule has 2 aromatic carbocycles. The third-order valence-corrected chi connectivity index (χ3v) is 3.83. The fourth-order valence-electron chi connectivity index (χ4n) is 2.36. The van der Waals surface area contributed by atoms with Crippen LogP contribution in [0.5, 0.6) is 0 Å². The molecule has 0 heterocycles. The molecule has 5 heteroatoms. The second kappa shape index (κ2) is 12.5. The van der Waals surface area contributed by atoms with E-state index < -0.39 is 0 Å². The highest BCUT2D eigenvalue weighted by Gasteiger charge is 2.04. The first-order valence-electron chi connectivity index (χ1n) is 8.48. The number of unbranched alkanes of at least 4 members (excludes halogenated alkanes) is 1. The van der Waals surface area contributed by atoms with Crippen molar-refractivity contribution in [1.29, 1.82) is 0 Å². The zero-order valence-corrected chi connectivity index (χ0v) is 15.3. The van der Waals surface area contributed by atoms with Crippen LogP contribution >= 0.6 is 12.4 Å². The second-order valence-electron chi connectivity index (χ2n) is 5.71. The van der Waals surface area contributed by atoms with Crippen LogP contribution in [0.2, 0.25) is 0 Å². The minimum absolute atomic E-state index is 0. The summed E-state index contributed by atoms with van der Waals surface area (Å²) in [4.78, 5) is 12.0. The van der Waals surface area contributed by atoms with Crippen LogP contribution in [0, 0.1) is 0 Å². The van der Waals surface area contributed by atoms with Crippen LogP contribution in [0.25, 0.3) is 0 Å². The molecule has 136 valence electrons. The maximum Gasteiger partial charge on any atom is 0.251 e. The molecule has 2 aromatic rings. The SMILES string of the molecule is Cl.NCc1ccc(C(=O)NCCCCOCCc2ccccc2)cc1. The Hall–Kier alpha value is -1.88. The van der Waals surface area contributed by atoms with Crippen molar-refractivity contribution < 1.29 is 9.53 Å². The van der Waals surface area contributed by atoms with Gasteiger partial charge in [-0.3, -0.25) is 4.79 Å². The van der Waals surface area contributed by atoms with Gasteiger partial charge in [-0.2, -0.15) is 0 Å². The van der Waals surface area contributed by atoms with Crippen molar-refractivity contribution in [3.05, 3.63) is 71.3 Å². The first-order chi connectivity index (χ1) is 11.8. The number of hydrogen-bond donors (Lipinski definition) is 2. The highest BCUT2D eigenvalue weighted by molar-refractivity contribution is 5.94. The molecule has 0 saturated carbocycles. The van der Waals surface area contributed by atoms with Crippen LogP contribution in [0.1, 0.15) is 34.3 Å². The van der Waals surface area contributed by atoms with Crippen LogP contribution in [0.3, 0.4) is 0 Å². The maximum absolute atomic E-state index is 12.0. The third-order valence-electron chi connectivity index (χ3n) is 3.83. The Labute approximate surface area is 156 Å². The normalized spacial score (nSPS) is 10.1. The first-order valence-corrected chi connectivity index (χ1v) is 8.48. The molecule has 25 heavy (non-hydrogen) atoms. The lowest BCUT2D eigenvalue weighted by Gasteiger charge is -2.07. The van der Waals surface area contributed by atoms with Crippen molar-refractivity contribution >= 4 is 18.3 Å². The van der Waals surface area contributed by atoms with Crippen LogP contribution in [0.15, 0.2) is 54.6 Å². The number of hydrogen-bond acceptors (Lipinski definition) is 3. The number of halogens is 1. The van der Waals surface area contributed by atoms with E-state index in [4.69, 9.17) is 10.5 Å². The van der Waals surface area contributed by atoms with E-state index >= 15 is 0 Å². The largest absolute Gasteiger partial charge is 0.381 e. The summed E-state index contributed by atoms with van der Waals surface area (Å²) in [5.74, 6) is -0.0384. The van der Waals surface area contributed by atoms with Crippen LogP contribution in [-0.4, -0.2) is 25.7 Å². The van der Waals surface area contributed by atoms with Crippen molar-refractivity contribution in [2.45, 2.75) is 25.8 Å². The predicted molar refractivity (Wildman–Crippen MR) is 104 cm³/mol. The summed E-state index contributed by atoms with van der Waals surface area (Å²) in [6, 6.07) is 17.7. The number of rotatable bonds is 10. The molecule has 0 aromatic heterocycles. The van der Waals surface area contributed by atoms with Crippen molar-refractivity contribution in [2.75, 3.05) is 19.8 Å². The van der Waals surface area contributed by atoms with Gasteiger partial charge < -0.3 is 15.8 Å². The number of benzene rings is 2. The summed E-state index contributed by atoms with van der Waals surface area (Å²) in [7, 11) is 0. The molecule has 0 bridgehead atoms. The lowest BCUT2D eigenvalue weighted by atomic mass is 10.1. The Bertz CT molecular complexity index is 603. The van der Waals surface area contributed by atoms with Gasteiger partial charge in [0.25, 0.3) is 5.91 Å². The smallest absolute Gasteiger partial charge is 0.251 e. The van der Waals surface area contributed by atoms with E-state index in [9.17, 15) is 4.79 Å². The van der Waals surface area contributed by atoms with Gasteiger partial charge in [0.2, 0.25) is 0 Å². The Morgan fingerprint density at radius 1 is 0.920 bits per heavy atom. The molecule has 0 spiro atoms. The van der Waals surface area contributed by atoms with Crippen LogP contribution < -0.4 is 11.1 Å². The lowest BCUT2D eigenvalue weighted by molar-refractivity contribution is 0.0948. The van der Waals surface area contributed by atoms with Gasteiger partial charge in [-0.1, -0.05) is 42.5 Å². The topological polar surface area (TPSA) is 64.4 Å². The van der Waals surface area contributed by atoms with Crippen molar-refractivity contribution in [2.24, 2.45) is 5.73 Å². The van der Waals surface area contributed by atoms with E-state index in [2.05, 4.69) is 17.4 Å². The van der Waals surface area contributed by atoms with Crippen LogP contribution in [-0.2, 0) is 17.7 Å². The Morgan fingerprint density at radius 3 is 2.32 bits per heavy atom. The quantitative estimate of drug-likeness (QED) is 0.637. The molecule has 0 aliphatic carbocycles. The standard InChI is InChI=1S/C20H26N2O2.ClH/c21-16-18-8-10-19(11-9-18)20(23)22-13-4-5-14-24-15-12-17-6-2-1-3-7-17;/h1-3,6-11H,4-5,12-16,21H2,(H,22,23);1H. The second-order valence-corrected chi connectivity index (χ2v) is 5.71. The molecular formula is C20H27ClN2O2. The van der Waals surface area contributed by atoms with Crippen LogP contribution in [0.4, 0.5) is 0 Å².